The summed E-state index contributed by atoms with van der Waals surface area (Å²) in [5.74, 6) is 0.743. The molecule has 1 unspecified atom stereocenters. The highest BCUT2D eigenvalue weighted by Gasteiger charge is 2.30. The van der Waals surface area contributed by atoms with Gasteiger partial charge in [0.25, 0.3) is 0 Å². The maximum atomic E-state index is 12.8. The predicted octanol–water partition coefficient (Wildman–Crippen LogP) is 3.99. The molecule has 1 atom stereocenters. The van der Waals surface area contributed by atoms with Crippen LogP contribution >= 0.6 is 0 Å². The Kier molecular flexibility index (Phi) is 4.99. The lowest BCUT2D eigenvalue weighted by Gasteiger charge is -2.09. The molecule has 1 aromatic carbocycles. The Bertz CT molecular complexity index is 970. The highest BCUT2D eigenvalue weighted by molar-refractivity contribution is 7.84. The second-order valence-corrected chi connectivity index (χ2v) is 6.94. The number of alkyl halides is 3. The van der Waals surface area contributed by atoms with Crippen molar-refractivity contribution in [3.63, 3.8) is 0 Å². The third kappa shape index (κ3) is 3.72. The van der Waals surface area contributed by atoms with E-state index >= 15 is 0 Å². The molecule has 0 bridgehead atoms. The number of fused-ring (bicyclic) bond motifs is 1. The van der Waals surface area contributed by atoms with Crippen LogP contribution in [0.2, 0.25) is 0 Å². The maximum Gasteiger partial charge on any atom is 0.416 e. The average molecular weight is 383 g/mol. The van der Waals surface area contributed by atoms with Crippen LogP contribution in [-0.2, 0) is 22.7 Å². The lowest BCUT2D eigenvalue weighted by Crippen LogP contribution is -2.04. The second kappa shape index (κ2) is 7.06. The lowest BCUT2D eigenvalue weighted by molar-refractivity contribution is -0.137. The summed E-state index contributed by atoms with van der Waals surface area (Å²) in [5, 5.41) is 0.113. The third-order valence-corrected chi connectivity index (χ3v) is 4.99. The zero-order valence-corrected chi connectivity index (χ0v) is 14.9. The van der Waals surface area contributed by atoms with E-state index in [1.54, 1.807) is 12.3 Å². The number of nitrogens with zero attached hydrogens (tertiary/aromatic N) is 2. The van der Waals surface area contributed by atoms with E-state index in [1.807, 2.05) is 13.8 Å². The second-order valence-electron chi connectivity index (χ2n) is 5.58. The number of imidazole rings is 1. The Hall–Kier alpha value is -2.42. The van der Waals surface area contributed by atoms with E-state index in [1.165, 1.54) is 6.07 Å². The van der Waals surface area contributed by atoms with Gasteiger partial charge in [-0.3, -0.25) is 9.19 Å². The first kappa shape index (κ1) is 18.4. The topological polar surface area (TPSA) is 67.9 Å². The number of rotatable bonds is 5. The monoisotopic (exact) mass is 383 g/mol. The molecule has 0 fully saturated rings. The van der Waals surface area contributed by atoms with E-state index < -0.39 is 22.5 Å². The van der Waals surface area contributed by atoms with Crippen molar-refractivity contribution in [2.75, 3.05) is 6.61 Å². The maximum absolute atomic E-state index is 12.8. The van der Waals surface area contributed by atoms with Crippen molar-refractivity contribution in [2.24, 2.45) is 0 Å². The summed E-state index contributed by atoms with van der Waals surface area (Å²) in [7, 11) is -1.58. The Morgan fingerprint density at radius 2 is 2.04 bits per heavy atom. The van der Waals surface area contributed by atoms with E-state index in [4.69, 9.17) is 4.74 Å². The molecular formula is C17H16F3N3O2S. The largest absolute Gasteiger partial charge is 0.493 e. The SMILES string of the molecule is CCOc1ccnc(CS(=O)c2nc3ccc(C(F)(F)F)cc3[nH]2)c1C. The zero-order valence-electron chi connectivity index (χ0n) is 14.1. The molecule has 3 aromatic rings. The van der Waals surface area contributed by atoms with E-state index in [-0.39, 0.29) is 16.4 Å². The molecule has 0 aliphatic rings. The summed E-state index contributed by atoms with van der Waals surface area (Å²) in [6, 6.07) is 4.90. The van der Waals surface area contributed by atoms with Crippen LogP contribution in [0, 0.1) is 6.92 Å². The molecule has 5 nitrogen and oxygen atoms in total. The first-order valence-corrected chi connectivity index (χ1v) is 9.14. The van der Waals surface area contributed by atoms with E-state index in [9.17, 15) is 17.4 Å². The summed E-state index contributed by atoms with van der Waals surface area (Å²) in [5.41, 5.74) is 1.10. The quantitative estimate of drug-likeness (QED) is 0.723. The van der Waals surface area contributed by atoms with Crippen LogP contribution in [0.5, 0.6) is 5.75 Å². The van der Waals surface area contributed by atoms with Crippen molar-refractivity contribution in [2.45, 2.75) is 30.9 Å². The smallest absolute Gasteiger partial charge is 0.416 e. The van der Waals surface area contributed by atoms with Crippen LogP contribution in [0.1, 0.15) is 23.7 Å². The number of aromatic nitrogens is 3. The predicted molar refractivity (Wildman–Crippen MR) is 91.4 cm³/mol. The van der Waals surface area contributed by atoms with Crippen LogP contribution in [0.25, 0.3) is 11.0 Å². The van der Waals surface area contributed by atoms with Gasteiger partial charge < -0.3 is 9.72 Å². The fourth-order valence-corrected chi connectivity index (χ4v) is 3.58. The van der Waals surface area contributed by atoms with Crippen molar-refractivity contribution >= 4 is 21.8 Å². The van der Waals surface area contributed by atoms with Gasteiger partial charge in [-0.15, -0.1) is 0 Å². The number of halogens is 3. The Morgan fingerprint density at radius 1 is 1.27 bits per heavy atom. The van der Waals surface area contributed by atoms with Crippen molar-refractivity contribution in [1.82, 2.24) is 15.0 Å². The van der Waals surface area contributed by atoms with Gasteiger partial charge in [0, 0.05) is 11.8 Å². The minimum Gasteiger partial charge on any atom is -0.493 e. The Balaban J connectivity index is 1.88. The van der Waals surface area contributed by atoms with Gasteiger partial charge in [-0.25, -0.2) is 4.98 Å². The van der Waals surface area contributed by atoms with Crippen molar-refractivity contribution in [3.8, 4) is 5.75 Å². The number of nitrogens with one attached hydrogen (secondary N) is 1. The first-order chi connectivity index (χ1) is 12.3. The number of hydrogen-bond acceptors (Lipinski definition) is 4. The Morgan fingerprint density at radius 3 is 2.73 bits per heavy atom. The van der Waals surface area contributed by atoms with Gasteiger partial charge in [0.1, 0.15) is 5.75 Å². The molecule has 9 heteroatoms. The molecule has 0 amide bonds. The Labute approximate surface area is 150 Å². The van der Waals surface area contributed by atoms with Crippen LogP contribution in [-0.4, -0.2) is 25.8 Å². The van der Waals surface area contributed by atoms with Crippen LogP contribution in [0.3, 0.4) is 0 Å². The number of ether oxygens (including phenoxy) is 1. The molecular weight excluding hydrogens is 367 g/mol. The molecule has 0 aliphatic carbocycles. The molecule has 1 N–H and O–H groups in total. The number of benzene rings is 1. The van der Waals surface area contributed by atoms with Crippen LogP contribution in [0.15, 0.2) is 35.6 Å². The third-order valence-electron chi connectivity index (χ3n) is 3.83. The molecule has 26 heavy (non-hydrogen) atoms. The van der Waals surface area contributed by atoms with Gasteiger partial charge in [-0.1, -0.05) is 0 Å². The zero-order chi connectivity index (χ0) is 18.9. The van der Waals surface area contributed by atoms with Gasteiger partial charge in [0.05, 0.1) is 45.5 Å². The highest BCUT2D eigenvalue weighted by atomic mass is 32.2. The summed E-state index contributed by atoms with van der Waals surface area (Å²) in [4.78, 5) is 11.1. The number of pyridine rings is 1. The summed E-state index contributed by atoms with van der Waals surface area (Å²) in [6.45, 7) is 4.18. The first-order valence-electron chi connectivity index (χ1n) is 7.82. The normalized spacial score (nSPS) is 13.1. The molecule has 138 valence electrons. The summed E-state index contributed by atoms with van der Waals surface area (Å²) in [6.07, 6.45) is -2.88. The molecule has 2 heterocycles. The molecule has 0 radical (unpaired) electrons. The fourth-order valence-electron chi connectivity index (χ4n) is 2.48. The van der Waals surface area contributed by atoms with Gasteiger partial charge in [-0.05, 0) is 38.1 Å². The van der Waals surface area contributed by atoms with E-state index in [0.29, 0.717) is 23.6 Å². The minimum absolute atomic E-state index is 0.0820. The lowest BCUT2D eigenvalue weighted by atomic mass is 10.2. The number of H-pyrrole nitrogens is 1. The highest BCUT2D eigenvalue weighted by Crippen LogP contribution is 2.31. The molecule has 2 aromatic heterocycles. The van der Waals surface area contributed by atoms with Crippen LogP contribution < -0.4 is 4.74 Å². The van der Waals surface area contributed by atoms with Gasteiger partial charge in [0.15, 0.2) is 5.16 Å². The van der Waals surface area contributed by atoms with Crippen molar-refractivity contribution < 1.29 is 22.1 Å². The van der Waals surface area contributed by atoms with Gasteiger partial charge in [-0.2, -0.15) is 13.2 Å². The molecule has 3 rings (SSSR count). The number of aromatic amines is 1. The van der Waals surface area contributed by atoms with Crippen molar-refractivity contribution in [1.29, 1.82) is 0 Å². The van der Waals surface area contributed by atoms with Gasteiger partial charge >= 0.3 is 6.18 Å². The van der Waals surface area contributed by atoms with Crippen LogP contribution in [0.4, 0.5) is 13.2 Å². The number of hydrogen-bond donors (Lipinski definition) is 1. The van der Waals surface area contributed by atoms with E-state index in [0.717, 1.165) is 17.7 Å². The summed E-state index contributed by atoms with van der Waals surface area (Å²) >= 11 is 0. The molecule has 0 aliphatic heterocycles. The molecule has 0 saturated heterocycles. The van der Waals surface area contributed by atoms with E-state index in [2.05, 4.69) is 15.0 Å². The molecule has 0 saturated carbocycles. The fraction of sp³-hybridized carbons (Fsp3) is 0.294. The van der Waals surface area contributed by atoms with Gasteiger partial charge in [0.2, 0.25) is 0 Å². The minimum atomic E-state index is -4.45. The molecule has 0 spiro atoms. The standard InChI is InChI=1S/C17H16F3N3O2S/c1-3-25-15-6-7-21-14(10(15)2)9-26(24)16-22-12-5-4-11(17(18,19)20)8-13(12)23-16/h4-8H,3,9H2,1-2H3,(H,22,23). The van der Waals surface area contributed by atoms with Crippen molar-refractivity contribution in [3.05, 3.63) is 47.3 Å². The summed E-state index contributed by atoms with van der Waals surface area (Å²) < 4.78 is 56.5. The average Bonchev–Trinajstić information content (AvgIpc) is 3.01.